The van der Waals surface area contributed by atoms with Crippen molar-refractivity contribution in [1.29, 1.82) is 0 Å². The lowest BCUT2D eigenvalue weighted by molar-refractivity contribution is -0.137. The molecule has 1 heterocycles. The third-order valence-electron chi connectivity index (χ3n) is 4.09. The molecule has 0 aliphatic carbocycles. The molecule has 142 valence electrons. The Morgan fingerprint density at radius 2 is 1.81 bits per heavy atom. The summed E-state index contributed by atoms with van der Waals surface area (Å²) >= 11 is 0. The van der Waals surface area contributed by atoms with E-state index in [9.17, 15) is 14.4 Å². The SMILES string of the molecule is CCOC(=O)/C=C/c1ccc(NC(=O)c2[nH]c(C)c(C(C)=O)c2CC)cc1. The Bertz CT molecular complexity index is 876. The highest BCUT2D eigenvalue weighted by molar-refractivity contribution is 6.07. The van der Waals surface area contributed by atoms with Gasteiger partial charge >= 0.3 is 5.97 Å². The Hall–Kier alpha value is -3.15. The standard InChI is InChI=1S/C21H24N2O4/c1-5-17-19(14(4)24)13(3)22-20(17)21(26)23-16-10-7-15(8-11-16)9-12-18(25)27-6-2/h7-12,22H,5-6H2,1-4H3,(H,23,26)/b12-9+. The summed E-state index contributed by atoms with van der Waals surface area (Å²) in [6, 6.07) is 7.06. The maximum atomic E-state index is 12.6. The Kier molecular flexibility index (Phi) is 6.71. The first-order valence-corrected chi connectivity index (χ1v) is 8.85. The number of Topliss-reactive ketones (excluding diaryl/α,β-unsaturated/α-hetero) is 1. The van der Waals surface area contributed by atoms with Crippen LogP contribution in [0.2, 0.25) is 0 Å². The van der Waals surface area contributed by atoms with E-state index in [4.69, 9.17) is 4.74 Å². The second kappa shape index (κ2) is 8.98. The first-order chi connectivity index (χ1) is 12.9. The molecular weight excluding hydrogens is 344 g/mol. The van der Waals surface area contributed by atoms with Gasteiger partial charge in [-0.2, -0.15) is 0 Å². The number of carbonyl (C=O) groups is 3. The van der Waals surface area contributed by atoms with Crippen LogP contribution < -0.4 is 5.32 Å². The molecular formula is C21H24N2O4. The normalized spacial score (nSPS) is 10.8. The molecule has 0 atom stereocenters. The van der Waals surface area contributed by atoms with Gasteiger partial charge in [0, 0.05) is 23.0 Å². The molecule has 27 heavy (non-hydrogen) atoms. The predicted molar refractivity (Wildman–Crippen MR) is 105 cm³/mol. The molecule has 0 aliphatic rings. The number of aryl methyl sites for hydroxylation is 1. The highest BCUT2D eigenvalue weighted by Crippen LogP contribution is 2.21. The molecule has 2 N–H and O–H groups in total. The number of ether oxygens (including phenoxy) is 1. The quantitative estimate of drug-likeness (QED) is 0.440. The summed E-state index contributed by atoms with van der Waals surface area (Å²) in [5.41, 5.74) is 3.85. The van der Waals surface area contributed by atoms with Gasteiger partial charge in [-0.1, -0.05) is 19.1 Å². The third-order valence-corrected chi connectivity index (χ3v) is 4.09. The van der Waals surface area contributed by atoms with Gasteiger partial charge in [0.1, 0.15) is 5.69 Å². The highest BCUT2D eigenvalue weighted by atomic mass is 16.5. The molecule has 2 aromatic rings. The van der Waals surface area contributed by atoms with Crippen LogP contribution in [0.15, 0.2) is 30.3 Å². The van der Waals surface area contributed by atoms with E-state index < -0.39 is 5.97 Å². The van der Waals surface area contributed by atoms with Gasteiger partial charge in [-0.3, -0.25) is 9.59 Å². The third kappa shape index (κ3) is 4.94. The van der Waals surface area contributed by atoms with Crippen molar-refractivity contribution in [1.82, 2.24) is 4.98 Å². The molecule has 2 rings (SSSR count). The molecule has 0 bridgehead atoms. The number of rotatable bonds is 7. The lowest BCUT2D eigenvalue weighted by atomic mass is 10.0. The Balaban J connectivity index is 2.14. The van der Waals surface area contributed by atoms with Gasteiger partial charge in [-0.25, -0.2) is 4.79 Å². The van der Waals surface area contributed by atoms with Crippen molar-refractivity contribution in [2.24, 2.45) is 0 Å². The van der Waals surface area contributed by atoms with Gasteiger partial charge in [0.25, 0.3) is 5.91 Å². The van der Waals surface area contributed by atoms with Crippen molar-refractivity contribution < 1.29 is 19.1 Å². The molecule has 0 saturated heterocycles. The number of hydrogen-bond donors (Lipinski definition) is 2. The van der Waals surface area contributed by atoms with Gasteiger partial charge in [-0.15, -0.1) is 0 Å². The van der Waals surface area contributed by atoms with E-state index in [1.54, 1.807) is 44.2 Å². The smallest absolute Gasteiger partial charge is 0.330 e. The van der Waals surface area contributed by atoms with Crippen molar-refractivity contribution in [2.45, 2.75) is 34.1 Å². The number of aromatic amines is 1. The molecule has 0 unspecified atom stereocenters. The number of amides is 1. The van der Waals surface area contributed by atoms with Crippen LogP contribution >= 0.6 is 0 Å². The summed E-state index contributed by atoms with van der Waals surface area (Å²) < 4.78 is 4.83. The zero-order chi connectivity index (χ0) is 20.0. The average molecular weight is 368 g/mol. The van der Waals surface area contributed by atoms with Crippen LogP contribution in [0, 0.1) is 6.92 Å². The minimum absolute atomic E-state index is 0.0580. The van der Waals surface area contributed by atoms with Crippen molar-refractivity contribution >= 4 is 29.4 Å². The zero-order valence-corrected chi connectivity index (χ0v) is 16.0. The van der Waals surface area contributed by atoms with Gasteiger partial charge in [-0.05, 0) is 56.5 Å². The number of carbonyl (C=O) groups excluding carboxylic acids is 3. The molecule has 0 spiro atoms. The van der Waals surface area contributed by atoms with Gasteiger partial charge in [0.15, 0.2) is 5.78 Å². The number of ketones is 1. The van der Waals surface area contributed by atoms with E-state index in [1.807, 2.05) is 6.92 Å². The summed E-state index contributed by atoms with van der Waals surface area (Å²) in [6.07, 6.45) is 3.58. The van der Waals surface area contributed by atoms with Crippen molar-refractivity contribution in [3.05, 3.63) is 58.4 Å². The minimum Gasteiger partial charge on any atom is -0.463 e. The van der Waals surface area contributed by atoms with Gasteiger partial charge in [0.05, 0.1) is 6.61 Å². The highest BCUT2D eigenvalue weighted by Gasteiger charge is 2.21. The minimum atomic E-state index is -0.398. The van der Waals surface area contributed by atoms with Crippen LogP contribution in [0.4, 0.5) is 5.69 Å². The lowest BCUT2D eigenvalue weighted by Crippen LogP contribution is -2.14. The van der Waals surface area contributed by atoms with E-state index in [0.29, 0.717) is 35.7 Å². The van der Waals surface area contributed by atoms with Crippen molar-refractivity contribution in [2.75, 3.05) is 11.9 Å². The Morgan fingerprint density at radius 3 is 2.37 bits per heavy atom. The number of esters is 1. The lowest BCUT2D eigenvalue weighted by Gasteiger charge is -2.07. The van der Waals surface area contributed by atoms with E-state index in [-0.39, 0.29) is 11.7 Å². The Morgan fingerprint density at radius 1 is 1.15 bits per heavy atom. The van der Waals surface area contributed by atoms with Crippen molar-refractivity contribution in [3.63, 3.8) is 0 Å². The fourth-order valence-corrected chi connectivity index (χ4v) is 2.93. The summed E-state index contributed by atoms with van der Waals surface area (Å²) in [7, 11) is 0. The number of aromatic nitrogens is 1. The van der Waals surface area contributed by atoms with Crippen LogP contribution in [0.25, 0.3) is 6.08 Å². The first-order valence-electron chi connectivity index (χ1n) is 8.85. The first kappa shape index (κ1) is 20.2. The molecule has 0 fully saturated rings. The summed E-state index contributed by atoms with van der Waals surface area (Å²) in [5.74, 6) is -0.750. The maximum Gasteiger partial charge on any atom is 0.330 e. The average Bonchev–Trinajstić information content (AvgIpc) is 2.98. The second-order valence-corrected chi connectivity index (χ2v) is 6.05. The van der Waals surface area contributed by atoms with Crippen LogP contribution in [0.1, 0.15) is 58.4 Å². The van der Waals surface area contributed by atoms with Crippen molar-refractivity contribution in [3.8, 4) is 0 Å². The van der Waals surface area contributed by atoms with Crippen LogP contribution in [-0.4, -0.2) is 29.3 Å². The summed E-state index contributed by atoms with van der Waals surface area (Å²) in [4.78, 5) is 38.8. The van der Waals surface area contributed by atoms with Crippen LogP contribution in [0.5, 0.6) is 0 Å². The number of hydrogen-bond acceptors (Lipinski definition) is 4. The van der Waals surface area contributed by atoms with Gasteiger partial charge < -0.3 is 15.0 Å². The second-order valence-electron chi connectivity index (χ2n) is 6.05. The summed E-state index contributed by atoms with van der Waals surface area (Å²) in [6.45, 7) is 7.28. The van der Waals surface area contributed by atoms with E-state index in [2.05, 4.69) is 10.3 Å². The monoisotopic (exact) mass is 368 g/mol. The van der Waals surface area contributed by atoms with Crippen LogP contribution in [0.3, 0.4) is 0 Å². The number of benzene rings is 1. The maximum absolute atomic E-state index is 12.6. The molecule has 1 amide bonds. The Labute approximate surface area is 158 Å². The van der Waals surface area contributed by atoms with E-state index in [1.165, 1.54) is 13.0 Å². The molecule has 0 saturated carbocycles. The molecule has 6 heteroatoms. The molecule has 0 radical (unpaired) electrons. The zero-order valence-electron chi connectivity index (χ0n) is 16.0. The fourth-order valence-electron chi connectivity index (χ4n) is 2.93. The van der Waals surface area contributed by atoms with E-state index in [0.717, 1.165) is 11.1 Å². The molecule has 0 aliphatic heterocycles. The number of anilines is 1. The van der Waals surface area contributed by atoms with Crippen LogP contribution in [-0.2, 0) is 16.0 Å². The topological polar surface area (TPSA) is 88.3 Å². The molecule has 1 aromatic carbocycles. The largest absolute Gasteiger partial charge is 0.463 e. The summed E-state index contributed by atoms with van der Waals surface area (Å²) in [5, 5.41) is 2.83. The van der Waals surface area contributed by atoms with E-state index >= 15 is 0 Å². The predicted octanol–water partition coefficient (Wildman–Crippen LogP) is 3.92. The molecule has 6 nitrogen and oxygen atoms in total. The number of nitrogens with one attached hydrogen (secondary N) is 2. The van der Waals surface area contributed by atoms with Gasteiger partial charge in [0.2, 0.25) is 0 Å². The molecule has 1 aromatic heterocycles. The fraction of sp³-hybridized carbons (Fsp3) is 0.286. The number of H-pyrrole nitrogens is 1.